The molecule has 0 saturated carbocycles. The van der Waals surface area contributed by atoms with Crippen molar-refractivity contribution in [3.63, 3.8) is 0 Å². The van der Waals surface area contributed by atoms with Crippen LogP contribution < -0.4 is 0 Å². The van der Waals surface area contributed by atoms with Gasteiger partial charge in [0.1, 0.15) is 0 Å². The molecule has 4 aliphatic rings. The maximum absolute atomic E-state index is 5.25. The molecule has 0 atom stereocenters. The fourth-order valence-corrected chi connectivity index (χ4v) is 5.85. The Balaban J connectivity index is 0.000000260. The molecule has 39 heavy (non-hydrogen) atoms. The fraction of sp³-hybridized carbons (Fsp3) is 1.00. The van der Waals surface area contributed by atoms with E-state index in [1.807, 2.05) is 0 Å². The maximum atomic E-state index is 5.25. The molecule has 0 N–H and O–H groups in total. The van der Waals surface area contributed by atoms with Crippen LogP contribution in [0.5, 0.6) is 0 Å². The predicted octanol–water partition coefficient (Wildman–Crippen LogP) is 7.40. The molecule has 0 amide bonds. The number of hydrogen-bond donors (Lipinski definition) is 0. The molecule has 4 saturated heterocycles. The summed E-state index contributed by atoms with van der Waals surface area (Å²) in [6.45, 7) is 38.3. The van der Waals surface area contributed by atoms with E-state index in [4.69, 9.17) is 4.74 Å². The van der Waals surface area contributed by atoms with Crippen molar-refractivity contribution in [2.75, 3.05) is 72.1 Å². The van der Waals surface area contributed by atoms with Gasteiger partial charge >= 0.3 is 0 Å². The van der Waals surface area contributed by atoms with Crippen LogP contribution in [-0.4, -0.2) is 108 Å². The van der Waals surface area contributed by atoms with Gasteiger partial charge in [-0.25, -0.2) is 0 Å². The smallest absolute Gasteiger partial charge is 0.0594 e. The molecule has 0 unspecified atom stereocenters. The lowest BCUT2D eigenvalue weighted by Gasteiger charge is -2.38. The van der Waals surface area contributed by atoms with E-state index >= 15 is 0 Å². The highest BCUT2D eigenvalue weighted by Gasteiger charge is 2.24. The minimum absolute atomic E-state index is 0.323. The second-order valence-electron chi connectivity index (χ2n) is 15.6. The molecule has 0 aliphatic carbocycles. The third kappa shape index (κ3) is 17.4. The number of piperidine rings is 2. The van der Waals surface area contributed by atoms with Crippen molar-refractivity contribution < 1.29 is 4.74 Å². The lowest BCUT2D eigenvalue weighted by Crippen LogP contribution is -2.47. The summed E-state index contributed by atoms with van der Waals surface area (Å²) in [4.78, 5) is 10.2. The maximum Gasteiger partial charge on any atom is 0.0594 e. The molecular weight excluding hydrogens is 480 g/mol. The molecule has 4 fully saturated rings. The van der Waals surface area contributed by atoms with Gasteiger partial charge < -0.3 is 9.64 Å². The second-order valence-corrected chi connectivity index (χ2v) is 15.6. The summed E-state index contributed by atoms with van der Waals surface area (Å²) in [5, 5.41) is 0. The van der Waals surface area contributed by atoms with Crippen LogP contribution >= 0.6 is 0 Å². The van der Waals surface area contributed by atoms with E-state index in [0.29, 0.717) is 16.6 Å². The van der Waals surface area contributed by atoms with Gasteiger partial charge in [-0.05, 0) is 146 Å². The quantitative estimate of drug-likeness (QED) is 0.355. The van der Waals surface area contributed by atoms with Crippen molar-refractivity contribution in [1.82, 2.24) is 19.6 Å². The topological polar surface area (TPSA) is 22.2 Å². The van der Waals surface area contributed by atoms with Gasteiger partial charge in [-0.15, -0.1) is 0 Å². The van der Waals surface area contributed by atoms with Crippen molar-refractivity contribution in [2.45, 2.75) is 144 Å². The molecule has 0 bridgehead atoms. The van der Waals surface area contributed by atoms with Gasteiger partial charge in [-0.2, -0.15) is 0 Å². The molecule has 4 rings (SSSR count). The summed E-state index contributed by atoms with van der Waals surface area (Å²) < 4.78 is 5.25. The van der Waals surface area contributed by atoms with Crippen molar-refractivity contribution in [3.8, 4) is 0 Å². The molecule has 0 spiro atoms. The van der Waals surface area contributed by atoms with E-state index in [2.05, 4.69) is 95.8 Å². The van der Waals surface area contributed by atoms with Crippen molar-refractivity contribution in [2.24, 2.45) is 5.92 Å². The van der Waals surface area contributed by atoms with Crippen LogP contribution in [-0.2, 0) is 4.74 Å². The summed E-state index contributed by atoms with van der Waals surface area (Å²) in [6, 6.07) is 0. The standard InChI is InChI=1S/2C9H19N.C8H17NO.C8H17N/c1-9(2,3)10-7-5-4-6-8-10;1-9(2)8-10-6-4-3-5-7-10;1-8(2,3)9-4-6-10-7-5-9;1-8(2,3)9-6-4-5-7-9/h4-8H2,1-3H3;9H,3-8H2,1-2H3;4-7H2,1-3H3;4-7H2,1-3H3. The molecule has 5 nitrogen and oxygen atoms in total. The normalized spacial score (nSPS) is 22.8. The minimum atomic E-state index is 0.323. The Hall–Kier alpha value is -0.200. The number of rotatable bonds is 2. The molecule has 0 radical (unpaired) electrons. The molecule has 234 valence electrons. The minimum Gasteiger partial charge on any atom is -0.379 e. The van der Waals surface area contributed by atoms with E-state index in [9.17, 15) is 0 Å². The first-order chi connectivity index (χ1) is 18.1. The highest BCUT2D eigenvalue weighted by molar-refractivity contribution is 4.80. The molecular formula is C34H72N4O. The van der Waals surface area contributed by atoms with Gasteiger partial charge in [-0.1, -0.05) is 26.7 Å². The first kappa shape index (κ1) is 36.8. The molecule has 0 aromatic heterocycles. The van der Waals surface area contributed by atoms with Crippen LogP contribution in [0.4, 0.5) is 0 Å². The summed E-state index contributed by atoms with van der Waals surface area (Å²) in [6.07, 6.45) is 11.3. The molecule has 0 aromatic rings. The average molecular weight is 553 g/mol. The Bertz CT molecular complexity index is 550. The Morgan fingerprint density at radius 3 is 1.05 bits per heavy atom. The zero-order chi connectivity index (χ0) is 29.5. The van der Waals surface area contributed by atoms with E-state index in [0.717, 1.165) is 32.2 Å². The van der Waals surface area contributed by atoms with Crippen LogP contribution in [0.3, 0.4) is 0 Å². The molecule has 4 aliphatic heterocycles. The molecule has 0 aromatic carbocycles. The summed E-state index contributed by atoms with van der Waals surface area (Å²) in [5.74, 6) is 0.845. The van der Waals surface area contributed by atoms with Crippen molar-refractivity contribution >= 4 is 0 Å². The Labute approximate surface area is 246 Å². The fourth-order valence-electron chi connectivity index (χ4n) is 5.85. The second kappa shape index (κ2) is 18.4. The molecule has 5 heteroatoms. The largest absolute Gasteiger partial charge is 0.379 e. The predicted molar refractivity (Wildman–Crippen MR) is 173 cm³/mol. The average Bonchev–Trinajstić information content (AvgIpc) is 3.42. The van der Waals surface area contributed by atoms with Gasteiger partial charge in [0.15, 0.2) is 0 Å². The van der Waals surface area contributed by atoms with Crippen molar-refractivity contribution in [1.29, 1.82) is 0 Å². The van der Waals surface area contributed by atoms with E-state index < -0.39 is 0 Å². The van der Waals surface area contributed by atoms with Gasteiger partial charge in [0, 0.05) is 36.3 Å². The van der Waals surface area contributed by atoms with Crippen LogP contribution in [0, 0.1) is 5.92 Å². The Kier molecular flexibility index (Phi) is 17.3. The number of morpholine rings is 1. The summed E-state index contributed by atoms with van der Waals surface area (Å²) >= 11 is 0. The van der Waals surface area contributed by atoms with Crippen LogP contribution in [0.25, 0.3) is 0 Å². The van der Waals surface area contributed by atoms with Crippen molar-refractivity contribution in [3.05, 3.63) is 0 Å². The lowest BCUT2D eigenvalue weighted by atomic mass is 10.0. The van der Waals surface area contributed by atoms with Gasteiger partial charge in [-0.3, -0.25) is 14.7 Å². The highest BCUT2D eigenvalue weighted by atomic mass is 16.5. The first-order valence-corrected chi connectivity index (χ1v) is 16.7. The SMILES string of the molecule is CC(C)(C)N1CCCC1.CC(C)(C)N1CCCCC1.CC(C)(C)N1CCOCC1.CC(C)CN1CCCCC1. The van der Waals surface area contributed by atoms with Gasteiger partial charge in [0.05, 0.1) is 13.2 Å². The van der Waals surface area contributed by atoms with E-state index in [1.165, 1.54) is 97.2 Å². The van der Waals surface area contributed by atoms with E-state index in [1.54, 1.807) is 0 Å². The highest BCUT2D eigenvalue weighted by Crippen LogP contribution is 2.20. The number of likely N-dealkylation sites (tertiary alicyclic amines) is 3. The van der Waals surface area contributed by atoms with Crippen LogP contribution in [0.1, 0.15) is 128 Å². The number of nitrogens with zero attached hydrogens (tertiary/aromatic N) is 4. The number of ether oxygens (including phenoxy) is 1. The number of hydrogen-bond acceptors (Lipinski definition) is 5. The van der Waals surface area contributed by atoms with Gasteiger partial charge in [0.25, 0.3) is 0 Å². The zero-order valence-electron chi connectivity index (χ0n) is 28.7. The first-order valence-electron chi connectivity index (χ1n) is 16.7. The third-order valence-electron chi connectivity index (χ3n) is 8.39. The zero-order valence-corrected chi connectivity index (χ0v) is 28.7. The third-order valence-corrected chi connectivity index (χ3v) is 8.39. The monoisotopic (exact) mass is 553 g/mol. The summed E-state index contributed by atoms with van der Waals surface area (Å²) in [7, 11) is 0. The van der Waals surface area contributed by atoms with E-state index in [-0.39, 0.29) is 0 Å². The Morgan fingerprint density at radius 1 is 0.462 bits per heavy atom. The van der Waals surface area contributed by atoms with Gasteiger partial charge in [0.2, 0.25) is 0 Å². The summed E-state index contributed by atoms with van der Waals surface area (Å²) in [5.41, 5.74) is 1.14. The Morgan fingerprint density at radius 2 is 0.769 bits per heavy atom. The van der Waals surface area contributed by atoms with Crippen LogP contribution in [0.2, 0.25) is 0 Å². The van der Waals surface area contributed by atoms with Crippen LogP contribution in [0.15, 0.2) is 0 Å². The lowest BCUT2D eigenvalue weighted by molar-refractivity contribution is -0.00389. The molecule has 4 heterocycles.